The highest BCUT2D eigenvalue weighted by Gasteiger charge is 2.41. The van der Waals surface area contributed by atoms with Crippen molar-refractivity contribution in [1.29, 1.82) is 0 Å². The van der Waals surface area contributed by atoms with E-state index in [4.69, 9.17) is 34.8 Å². The number of benzene rings is 1. The van der Waals surface area contributed by atoms with Crippen LogP contribution in [0.5, 0.6) is 0 Å². The molecule has 98 valence electrons. The van der Waals surface area contributed by atoms with Crippen LogP contribution in [-0.2, 0) is 0 Å². The molecular weight excluding hydrogens is 293 g/mol. The zero-order valence-corrected chi connectivity index (χ0v) is 12.1. The molecule has 1 aliphatic rings. The molecule has 1 N–H and O–H groups in total. The van der Waals surface area contributed by atoms with Crippen LogP contribution in [0.1, 0.15) is 29.6 Å². The van der Waals surface area contributed by atoms with Crippen molar-refractivity contribution in [2.24, 2.45) is 5.41 Å². The van der Waals surface area contributed by atoms with Crippen LogP contribution in [0.3, 0.4) is 0 Å². The van der Waals surface area contributed by atoms with E-state index in [0.717, 1.165) is 19.3 Å². The first-order chi connectivity index (χ1) is 8.56. The van der Waals surface area contributed by atoms with E-state index in [2.05, 4.69) is 5.32 Å². The van der Waals surface area contributed by atoms with Crippen molar-refractivity contribution in [1.82, 2.24) is 5.32 Å². The molecule has 1 saturated carbocycles. The van der Waals surface area contributed by atoms with Gasteiger partial charge in [0, 0.05) is 17.4 Å². The second-order valence-corrected chi connectivity index (χ2v) is 5.97. The zero-order valence-electron chi connectivity index (χ0n) is 9.81. The van der Waals surface area contributed by atoms with Gasteiger partial charge in [-0.15, -0.1) is 11.6 Å². The molecule has 0 unspecified atom stereocenters. The summed E-state index contributed by atoms with van der Waals surface area (Å²) in [5, 5.41) is 3.82. The molecule has 2 rings (SSSR count). The molecule has 1 aromatic rings. The zero-order chi connectivity index (χ0) is 13.2. The maximum absolute atomic E-state index is 12.0. The predicted molar refractivity (Wildman–Crippen MR) is 75.8 cm³/mol. The molecule has 0 aliphatic heterocycles. The van der Waals surface area contributed by atoms with Crippen molar-refractivity contribution < 1.29 is 4.79 Å². The van der Waals surface area contributed by atoms with Crippen molar-refractivity contribution in [3.8, 4) is 0 Å². The van der Waals surface area contributed by atoms with Crippen molar-refractivity contribution in [2.75, 3.05) is 12.4 Å². The minimum absolute atomic E-state index is 0.155. The molecular formula is C13H14Cl3NO. The number of amides is 1. The van der Waals surface area contributed by atoms with Crippen LogP contribution in [0.2, 0.25) is 10.0 Å². The third-order valence-electron chi connectivity index (χ3n) is 3.38. The van der Waals surface area contributed by atoms with E-state index >= 15 is 0 Å². The van der Waals surface area contributed by atoms with Gasteiger partial charge in [0.1, 0.15) is 0 Å². The minimum Gasteiger partial charge on any atom is -0.351 e. The first kappa shape index (κ1) is 14.0. The number of carbonyl (C=O) groups excluding carboxylic acids is 1. The van der Waals surface area contributed by atoms with E-state index in [1.807, 2.05) is 0 Å². The molecule has 0 saturated heterocycles. The molecule has 0 heterocycles. The molecule has 1 aliphatic carbocycles. The summed E-state index contributed by atoms with van der Waals surface area (Å²) in [7, 11) is 0. The van der Waals surface area contributed by atoms with Crippen LogP contribution in [0, 0.1) is 5.41 Å². The first-order valence-electron chi connectivity index (χ1n) is 5.86. The SMILES string of the molecule is O=C(NCC1(CCCl)CC1)c1ccc(Cl)cc1Cl. The van der Waals surface area contributed by atoms with E-state index in [-0.39, 0.29) is 11.3 Å². The Kier molecular flexibility index (Phi) is 4.41. The second-order valence-electron chi connectivity index (χ2n) is 4.75. The largest absolute Gasteiger partial charge is 0.351 e. The molecule has 0 atom stereocenters. The van der Waals surface area contributed by atoms with Crippen molar-refractivity contribution in [3.05, 3.63) is 33.8 Å². The topological polar surface area (TPSA) is 29.1 Å². The average molecular weight is 307 g/mol. The Balaban J connectivity index is 1.96. The van der Waals surface area contributed by atoms with Crippen LogP contribution in [0.25, 0.3) is 0 Å². The van der Waals surface area contributed by atoms with Gasteiger partial charge in [-0.2, -0.15) is 0 Å². The first-order valence-corrected chi connectivity index (χ1v) is 7.15. The van der Waals surface area contributed by atoms with Crippen molar-refractivity contribution >= 4 is 40.7 Å². The molecule has 18 heavy (non-hydrogen) atoms. The summed E-state index contributed by atoms with van der Waals surface area (Å²) in [5.74, 6) is 0.481. The van der Waals surface area contributed by atoms with E-state index in [1.54, 1.807) is 18.2 Å². The Morgan fingerprint density at radius 1 is 1.33 bits per heavy atom. The highest BCUT2D eigenvalue weighted by Crippen LogP contribution is 2.48. The smallest absolute Gasteiger partial charge is 0.252 e. The summed E-state index contributed by atoms with van der Waals surface area (Å²) >= 11 is 17.5. The van der Waals surface area contributed by atoms with Crippen LogP contribution in [0.15, 0.2) is 18.2 Å². The Hall–Kier alpha value is -0.440. The average Bonchev–Trinajstić information content (AvgIpc) is 3.07. The van der Waals surface area contributed by atoms with E-state index < -0.39 is 0 Å². The van der Waals surface area contributed by atoms with Gasteiger partial charge in [0.05, 0.1) is 10.6 Å². The van der Waals surface area contributed by atoms with Crippen LogP contribution in [-0.4, -0.2) is 18.3 Å². The monoisotopic (exact) mass is 305 g/mol. The van der Waals surface area contributed by atoms with E-state index in [1.165, 1.54) is 0 Å². The normalized spacial score (nSPS) is 16.4. The van der Waals surface area contributed by atoms with Gasteiger partial charge in [-0.25, -0.2) is 0 Å². The fourth-order valence-electron chi connectivity index (χ4n) is 1.93. The molecule has 0 spiro atoms. The fraction of sp³-hybridized carbons (Fsp3) is 0.462. The number of carbonyl (C=O) groups is 1. The third kappa shape index (κ3) is 3.31. The van der Waals surface area contributed by atoms with Gasteiger partial charge in [0.2, 0.25) is 0 Å². The molecule has 1 aromatic carbocycles. The van der Waals surface area contributed by atoms with Crippen LogP contribution in [0.4, 0.5) is 0 Å². The highest BCUT2D eigenvalue weighted by atomic mass is 35.5. The maximum atomic E-state index is 12.0. The fourth-order valence-corrected chi connectivity index (χ4v) is 2.82. The lowest BCUT2D eigenvalue weighted by atomic mass is 10.0. The molecule has 1 fully saturated rings. The summed E-state index contributed by atoms with van der Waals surface area (Å²) < 4.78 is 0. The number of nitrogens with one attached hydrogen (secondary N) is 1. The summed E-state index contributed by atoms with van der Waals surface area (Å²) in [6.45, 7) is 0.664. The Morgan fingerprint density at radius 3 is 2.61 bits per heavy atom. The summed E-state index contributed by atoms with van der Waals surface area (Å²) in [6.07, 6.45) is 3.21. The lowest BCUT2D eigenvalue weighted by Crippen LogP contribution is -2.30. The Morgan fingerprint density at radius 2 is 2.06 bits per heavy atom. The van der Waals surface area contributed by atoms with Gasteiger partial charge in [0.15, 0.2) is 0 Å². The third-order valence-corrected chi connectivity index (χ3v) is 4.12. The predicted octanol–water partition coefficient (Wildman–Crippen LogP) is 4.13. The standard InChI is InChI=1S/C13H14Cl3NO/c14-6-5-13(3-4-13)8-17-12(18)10-2-1-9(15)7-11(10)16/h1-2,7H,3-6,8H2,(H,17,18). The van der Waals surface area contributed by atoms with Gasteiger partial charge in [-0.05, 0) is 42.9 Å². The molecule has 2 nitrogen and oxygen atoms in total. The van der Waals surface area contributed by atoms with Gasteiger partial charge in [0.25, 0.3) is 5.91 Å². The molecule has 0 radical (unpaired) electrons. The number of hydrogen-bond acceptors (Lipinski definition) is 1. The van der Waals surface area contributed by atoms with Crippen molar-refractivity contribution in [2.45, 2.75) is 19.3 Å². The van der Waals surface area contributed by atoms with Gasteiger partial charge < -0.3 is 5.32 Å². The van der Waals surface area contributed by atoms with Crippen LogP contribution < -0.4 is 5.32 Å². The lowest BCUT2D eigenvalue weighted by Gasteiger charge is -2.14. The second kappa shape index (κ2) is 5.68. The van der Waals surface area contributed by atoms with Gasteiger partial charge in [-0.1, -0.05) is 23.2 Å². The molecule has 5 heteroatoms. The number of hydrogen-bond donors (Lipinski definition) is 1. The number of halogens is 3. The van der Waals surface area contributed by atoms with Crippen LogP contribution >= 0.6 is 34.8 Å². The van der Waals surface area contributed by atoms with Gasteiger partial charge in [-0.3, -0.25) is 4.79 Å². The highest BCUT2D eigenvalue weighted by molar-refractivity contribution is 6.36. The summed E-state index contributed by atoms with van der Waals surface area (Å²) in [5.41, 5.74) is 0.679. The Labute approximate surface area is 122 Å². The molecule has 1 amide bonds. The van der Waals surface area contributed by atoms with Crippen molar-refractivity contribution in [3.63, 3.8) is 0 Å². The Bertz CT molecular complexity index is 458. The quantitative estimate of drug-likeness (QED) is 0.814. The maximum Gasteiger partial charge on any atom is 0.252 e. The van der Waals surface area contributed by atoms with E-state index in [9.17, 15) is 4.79 Å². The lowest BCUT2D eigenvalue weighted by molar-refractivity contribution is 0.0944. The molecule has 0 aromatic heterocycles. The number of rotatable bonds is 5. The van der Waals surface area contributed by atoms with E-state index in [0.29, 0.717) is 28.0 Å². The van der Waals surface area contributed by atoms with Gasteiger partial charge >= 0.3 is 0 Å². The summed E-state index contributed by atoms with van der Waals surface area (Å²) in [6, 6.07) is 4.87. The summed E-state index contributed by atoms with van der Waals surface area (Å²) in [4.78, 5) is 12.0. The molecule has 0 bridgehead atoms. The number of alkyl halides is 1. The minimum atomic E-state index is -0.155.